The van der Waals surface area contributed by atoms with Gasteiger partial charge in [0.25, 0.3) is 0 Å². The van der Waals surface area contributed by atoms with Gasteiger partial charge in [0.05, 0.1) is 0 Å². The first-order valence-electron chi connectivity index (χ1n) is 4.71. The van der Waals surface area contributed by atoms with Crippen LogP contribution in [0.2, 0.25) is 10.3 Å². The minimum atomic E-state index is 0.200. The highest BCUT2D eigenvalue weighted by Gasteiger charge is 2.05. The van der Waals surface area contributed by atoms with Gasteiger partial charge >= 0.3 is 0 Å². The number of aromatic nitrogens is 2. The molecule has 0 saturated carbocycles. The molecule has 0 spiro atoms. The zero-order valence-corrected chi connectivity index (χ0v) is 11.6. The predicted octanol–water partition coefficient (Wildman–Crippen LogP) is 4.12. The fourth-order valence-electron chi connectivity index (χ4n) is 1.18. The van der Waals surface area contributed by atoms with Crippen molar-refractivity contribution in [3.05, 3.63) is 50.7 Å². The van der Waals surface area contributed by atoms with Gasteiger partial charge in [-0.05, 0) is 17.7 Å². The van der Waals surface area contributed by atoms with E-state index in [-0.39, 0.29) is 10.3 Å². The van der Waals surface area contributed by atoms with E-state index in [2.05, 4.69) is 26.1 Å². The molecule has 0 unspecified atom stereocenters. The number of benzene rings is 1. The Morgan fingerprint density at radius 2 is 1.82 bits per heavy atom. The normalized spacial score (nSPS) is 10.3. The van der Waals surface area contributed by atoms with Gasteiger partial charge in [-0.2, -0.15) is 0 Å². The van der Waals surface area contributed by atoms with E-state index in [1.165, 1.54) is 6.07 Å². The molecule has 1 aromatic carbocycles. The highest BCUT2D eigenvalue weighted by atomic mass is 79.9. The zero-order chi connectivity index (χ0) is 12.3. The zero-order valence-electron chi connectivity index (χ0n) is 8.53. The Labute approximate surface area is 117 Å². The summed E-state index contributed by atoms with van der Waals surface area (Å²) in [6, 6.07) is 9.33. The predicted molar refractivity (Wildman–Crippen MR) is 70.5 cm³/mol. The third-order valence-corrected chi connectivity index (χ3v) is 2.97. The fraction of sp³-hybridized carbons (Fsp3) is 0.0909. The first-order chi connectivity index (χ1) is 8.15. The topological polar surface area (TPSA) is 35.0 Å². The number of rotatable bonds is 3. The van der Waals surface area contributed by atoms with Gasteiger partial charge in [-0.15, -0.1) is 10.2 Å². The Balaban J connectivity index is 2.07. The maximum atomic E-state index is 5.82. The monoisotopic (exact) mass is 332 g/mol. The molecule has 0 fully saturated rings. The average Bonchev–Trinajstić information content (AvgIpc) is 2.32. The highest BCUT2D eigenvalue weighted by molar-refractivity contribution is 9.10. The molecular weight excluding hydrogens is 327 g/mol. The summed E-state index contributed by atoms with van der Waals surface area (Å²) in [5.41, 5.74) is 1.03. The standard InChI is InChI=1S/C11H7BrCl2N2O/c12-8-3-1-7(2-4-8)6-17-9-5-10(13)15-16-11(9)14/h1-5H,6H2. The maximum Gasteiger partial charge on any atom is 0.193 e. The average molecular weight is 334 g/mol. The van der Waals surface area contributed by atoms with E-state index in [1.54, 1.807) is 0 Å². The Bertz CT molecular complexity index is 519. The van der Waals surface area contributed by atoms with Crippen molar-refractivity contribution in [3.63, 3.8) is 0 Å². The lowest BCUT2D eigenvalue weighted by molar-refractivity contribution is 0.304. The molecule has 0 atom stereocenters. The van der Waals surface area contributed by atoms with Crippen LogP contribution in [0.4, 0.5) is 0 Å². The van der Waals surface area contributed by atoms with Crippen LogP contribution in [-0.4, -0.2) is 10.2 Å². The van der Waals surface area contributed by atoms with Crippen LogP contribution in [-0.2, 0) is 6.61 Å². The van der Waals surface area contributed by atoms with Gasteiger partial charge in [-0.25, -0.2) is 0 Å². The quantitative estimate of drug-likeness (QED) is 0.847. The van der Waals surface area contributed by atoms with Crippen LogP contribution >= 0.6 is 39.1 Å². The van der Waals surface area contributed by atoms with Gasteiger partial charge < -0.3 is 4.74 Å². The molecule has 0 N–H and O–H groups in total. The molecule has 1 heterocycles. The van der Waals surface area contributed by atoms with E-state index < -0.39 is 0 Å². The molecule has 3 nitrogen and oxygen atoms in total. The van der Waals surface area contributed by atoms with E-state index in [0.717, 1.165) is 10.0 Å². The van der Waals surface area contributed by atoms with Crippen LogP contribution in [0, 0.1) is 0 Å². The van der Waals surface area contributed by atoms with Gasteiger partial charge in [-0.3, -0.25) is 0 Å². The van der Waals surface area contributed by atoms with E-state index in [4.69, 9.17) is 27.9 Å². The maximum absolute atomic E-state index is 5.82. The van der Waals surface area contributed by atoms with Crippen LogP contribution in [0.15, 0.2) is 34.8 Å². The minimum Gasteiger partial charge on any atom is -0.485 e. The number of ether oxygens (including phenoxy) is 1. The summed E-state index contributed by atoms with van der Waals surface area (Å²) in [6.45, 7) is 0.398. The molecule has 2 rings (SSSR count). The van der Waals surface area contributed by atoms with E-state index >= 15 is 0 Å². The highest BCUT2D eigenvalue weighted by Crippen LogP contribution is 2.24. The van der Waals surface area contributed by atoms with Gasteiger partial charge in [-0.1, -0.05) is 51.3 Å². The molecule has 6 heteroatoms. The number of nitrogens with zero attached hydrogens (tertiary/aromatic N) is 2. The lowest BCUT2D eigenvalue weighted by Crippen LogP contribution is -1.97. The van der Waals surface area contributed by atoms with Gasteiger partial charge in [0, 0.05) is 10.5 Å². The number of hydrogen-bond acceptors (Lipinski definition) is 3. The van der Waals surface area contributed by atoms with Gasteiger partial charge in [0.15, 0.2) is 16.1 Å². The van der Waals surface area contributed by atoms with Crippen LogP contribution < -0.4 is 4.74 Å². The number of hydrogen-bond donors (Lipinski definition) is 0. The molecule has 0 aliphatic rings. The van der Waals surface area contributed by atoms with E-state index in [1.807, 2.05) is 24.3 Å². The summed E-state index contributed by atoms with van der Waals surface area (Å²) in [6.07, 6.45) is 0. The molecule has 1 aromatic heterocycles. The van der Waals surface area contributed by atoms with Crippen molar-refractivity contribution in [1.29, 1.82) is 0 Å². The van der Waals surface area contributed by atoms with Crippen molar-refractivity contribution in [2.24, 2.45) is 0 Å². The Morgan fingerprint density at radius 3 is 2.53 bits per heavy atom. The smallest absolute Gasteiger partial charge is 0.193 e. The van der Waals surface area contributed by atoms with Crippen LogP contribution in [0.3, 0.4) is 0 Å². The Morgan fingerprint density at radius 1 is 1.12 bits per heavy atom. The molecule has 88 valence electrons. The molecule has 0 bridgehead atoms. The van der Waals surface area contributed by atoms with Crippen LogP contribution in [0.25, 0.3) is 0 Å². The minimum absolute atomic E-state index is 0.200. The SMILES string of the molecule is Clc1cc(OCc2ccc(Br)cc2)c(Cl)nn1. The first kappa shape index (κ1) is 12.6. The second-order valence-electron chi connectivity index (χ2n) is 3.24. The summed E-state index contributed by atoms with van der Waals surface area (Å²) in [5, 5.41) is 7.71. The van der Waals surface area contributed by atoms with Crippen molar-refractivity contribution in [2.45, 2.75) is 6.61 Å². The van der Waals surface area contributed by atoms with Crippen molar-refractivity contribution in [3.8, 4) is 5.75 Å². The second-order valence-corrected chi connectivity index (χ2v) is 4.90. The lowest BCUT2D eigenvalue weighted by Gasteiger charge is -2.07. The summed E-state index contributed by atoms with van der Waals surface area (Å²) in [4.78, 5) is 0. The molecule has 2 aromatic rings. The van der Waals surface area contributed by atoms with Gasteiger partial charge in [0.2, 0.25) is 0 Å². The number of halogens is 3. The summed E-state index contributed by atoms with van der Waals surface area (Å²) < 4.78 is 6.53. The van der Waals surface area contributed by atoms with Gasteiger partial charge in [0.1, 0.15) is 6.61 Å². The van der Waals surface area contributed by atoms with Crippen LogP contribution in [0.5, 0.6) is 5.75 Å². The van der Waals surface area contributed by atoms with Crippen LogP contribution in [0.1, 0.15) is 5.56 Å². The molecule has 0 aliphatic heterocycles. The third kappa shape index (κ3) is 3.56. The molecule has 17 heavy (non-hydrogen) atoms. The van der Waals surface area contributed by atoms with E-state index in [9.17, 15) is 0 Å². The van der Waals surface area contributed by atoms with Crippen molar-refractivity contribution in [2.75, 3.05) is 0 Å². The lowest BCUT2D eigenvalue weighted by atomic mass is 10.2. The first-order valence-corrected chi connectivity index (χ1v) is 6.26. The van der Waals surface area contributed by atoms with Crippen molar-refractivity contribution in [1.82, 2.24) is 10.2 Å². The van der Waals surface area contributed by atoms with Crippen molar-refractivity contribution >= 4 is 39.1 Å². The Hall–Kier alpha value is -0.840. The van der Waals surface area contributed by atoms with Crippen molar-refractivity contribution < 1.29 is 4.74 Å². The largest absolute Gasteiger partial charge is 0.485 e. The molecular formula is C11H7BrCl2N2O. The fourth-order valence-corrected chi connectivity index (χ4v) is 1.73. The summed E-state index contributed by atoms with van der Waals surface area (Å²) in [5.74, 6) is 0.426. The Kier molecular flexibility index (Phi) is 4.20. The third-order valence-electron chi connectivity index (χ3n) is 1.99. The molecule has 0 aliphatic carbocycles. The summed E-state index contributed by atoms with van der Waals surface area (Å²) >= 11 is 14.9. The summed E-state index contributed by atoms with van der Waals surface area (Å²) in [7, 11) is 0. The van der Waals surface area contributed by atoms with E-state index in [0.29, 0.717) is 12.4 Å². The molecule has 0 amide bonds. The molecule has 0 saturated heterocycles. The molecule has 0 radical (unpaired) electrons. The second kappa shape index (κ2) is 5.67.